The van der Waals surface area contributed by atoms with Crippen LogP contribution in [-0.2, 0) is 0 Å². The van der Waals surface area contributed by atoms with E-state index >= 15 is 0 Å². The summed E-state index contributed by atoms with van der Waals surface area (Å²) >= 11 is 0. The van der Waals surface area contributed by atoms with Crippen LogP contribution in [0.2, 0.25) is 0 Å². The van der Waals surface area contributed by atoms with Crippen LogP contribution in [0.15, 0.2) is 0 Å². The third-order valence-electron chi connectivity index (χ3n) is 4.90. The van der Waals surface area contributed by atoms with Crippen molar-refractivity contribution in [1.82, 2.24) is 24.9 Å². The van der Waals surface area contributed by atoms with E-state index in [9.17, 15) is 43.9 Å². The second-order valence-corrected chi connectivity index (χ2v) is 6.58. The number of rotatable bonds is 2. The summed E-state index contributed by atoms with van der Waals surface area (Å²) in [5.74, 6) is -11.6. The van der Waals surface area contributed by atoms with Gasteiger partial charge in [0.2, 0.25) is 0 Å². The first-order valence-electron chi connectivity index (χ1n) is 8.85. The molecule has 1 aliphatic carbocycles. The first-order chi connectivity index (χ1) is 16.3. The molecule has 160 valence electrons. The Morgan fingerprint density at radius 1 is 0.588 bits per heavy atom. The van der Waals surface area contributed by atoms with Gasteiger partial charge < -0.3 is 0 Å². The Bertz CT molecular complexity index is 1520. The molecule has 3 heterocycles. The van der Waals surface area contributed by atoms with E-state index in [4.69, 9.17) is 0 Å². The minimum Gasteiger partial charge on any atom is -0.236 e. The molecule has 0 N–H and O–H groups in total. The quantitative estimate of drug-likeness (QED) is 0.407. The fraction of sp³-hybridized carbons (Fsp3) is 0.100. The van der Waals surface area contributed by atoms with E-state index in [0.29, 0.717) is 0 Å². The van der Waals surface area contributed by atoms with Gasteiger partial charge in [0.25, 0.3) is 11.9 Å². The summed E-state index contributed by atoms with van der Waals surface area (Å²) in [6.07, 6.45) is 0. The zero-order valence-corrected chi connectivity index (χ0v) is 16.1. The Labute approximate surface area is 186 Å². The largest absolute Gasteiger partial charge is 0.252 e. The number of hydrogen-bond acceptors (Lipinski definition) is 10. The Morgan fingerprint density at radius 3 is 1.32 bits per heavy atom. The van der Waals surface area contributed by atoms with Gasteiger partial charge in [0, 0.05) is 0 Å². The number of nitrogens with zero attached hydrogens (tertiary/aromatic N) is 10. The Morgan fingerprint density at radius 2 is 0.971 bits per heavy atom. The van der Waals surface area contributed by atoms with E-state index in [2.05, 4.69) is 24.9 Å². The number of nitriles is 5. The molecule has 14 heteroatoms. The molecule has 3 aromatic heterocycles. The van der Waals surface area contributed by atoms with E-state index in [1.165, 1.54) is 6.07 Å². The average molecular weight is 458 g/mol. The van der Waals surface area contributed by atoms with Crippen molar-refractivity contribution in [2.75, 3.05) is 0 Å². The third kappa shape index (κ3) is 2.94. The summed E-state index contributed by atoms with van der Waals surface area (Å²) in [4.78, 5) is 18.3. The average Bonchev–Trinajstić information content (AvgIpc) is 3.15. The van der Waals surface area contributed by atoms with Crippen molar-refractivity contribution in [2.24, 2.45) is 0 Å². The van der Waals surface area contributed by atoms with E-state index in [1.807, 2.05) is 0 Å². The van der Waals surface area contributed by atoms with Crippen LogP contribution in [0.1, 0.15) is 51.6 Å². The molecule has 0 amide bonds. The molecule has 0 spiro atoms. The second kappa shape index (κ2) is 7.87. The number of fused-ring (bicyclic) bond motifs is 3. The number of hydrogen-bond donors (Lipinski definition) is 0. The fourth-order valence-corrected chi connectivity index (χ4v) is 3.52. The highest BCUT2D eigenvalue weighted by molar-refractivity contribution is 5.72. The maximum atomic E-state index is 14.6. The first-order valence-corrected chi connectivity index (χ1v) is 8.85. The van der Waals surface area contributed by atoms with E-state index < -0.39 is 63.7 Å². The Kier molecular flexibility index (Phi) is 5.02. The first kappa shape index (κ1) is 21.7. The van der Waals surface area contributed by atoms with Gasteiger partial charge in [-0.3, -0.25) is 0 Å². The topological polar surface area (TPSA) is 183 Å². The van der Waals surface area contributed by atoms with E-state index in [0.717, 1.165) is 0 Å². The van der Waals surface area contributed by atoms with Gasteiger partial charge in [-0.25, -0.2) is 28.7 Å². The lowest BCUT2D eigenvalue weighted by molar-refractivity contribution is 0.388. The highest BCUT2D eigenvalue weighted by atomic mass is 19.2. The van der Waals surface area contributed by atoms with Gasteiger partial charge in [-0.05, 0) is 0 Å². The van der Waals surface area contributed by atoms with Crippen molar-refractivity contribution in [3.63, 3.8) is 0 Å². The van der Waals surface area contributed by atoms with Crippen LogP contribution in [0.4, 0.5) is 17.6 Å². The highest BCUT2D eigenvalue weighted by Gasteiger charge is 2.45. The van der Waals surface area contributed by atoms with Crippen molar-refractivity contribution < 1.29 is 17.6 Å². The summed E-state index contributed by atoms with van der Waals surface area (Å²) in [6, 6.07) is 8.00. The van der Waals surface area contributed by atoms with Gasteiger partial charge in [-0.2, -0.15) is 40.1 Å². The highest BCUT2D eigenvalue weighted by Crippen LogP contribution is 2.49. The summed E-state index contributed by atoms with van der Waals surface area (Å²) < 4.78 is 56.7. The zero-order chi connectivity index (χ0) is 24.7. The molecule has 0 radical (unpaired) electrons. The summed E-state index contributed by atoms with van der Waals surface area (Å²) in [5, 5.41) is 47.0. The molecule has 10 nitrogen and oxygen atoms in total. The SMILES string of the molecule is N#Cc1nc2c(nc1C#N)C(C(C#N)c1c(F)c(F)nc(F)c1F)c1nc(C#N)c(C#N)nc1-2. The predicted octanol–water partition coefficient (Wildman–Crippen LogP) is 2.12. The minimum atomic E-state index is -2.06. The third-order valence-corrected chi connectivity index (χ3v) is 4.90. The Hall–Kier alpha value is -5.52. The maximum Gasteiger partial charge on any atom is 0.252 e. The molecule has 0 saturated heterocycles. The van der Waals surface area contributed by atoms with Crippen LogP contribution in [0.3, 0.4) is 0 Å². The standard InChI is InChI=1S/C20H2F4N10/c21-13-11(14(22)20(24)34-19(13)23)6(1-25)12-15-17(32-9(4-28)7(2-26)30-15)18-16(12)31-8(3-27)10(5-29)33-18/h6,12H. The molecule has 34 heavy (non-hydrogen) atoms. The van der Waals surface area contributed by atoms with Crippen molar-refractivity contribution >= 4 is 0 Å². The molecule has 0 aromatic carbocycles. The minimum absolute atomic E-state index is 0.264. The van der Waals surface area contributed by atoms with Crippen LogP contribution < -0.4 is 0 Å². The van der Waals surface area contributed by atoms with Crippen LogP contribution in [-0.4, -0.2) is 24.9 Å². The van der Waals surface area contributed by atoms with Gasteiger partial charge in [0.15, 0.2) is 34.4 Å². The van der Waals surface area contributed by atoms with Crippen molar-refractivity contribution in [2.45, 2.75) is 11.8 Å². The number of aromatic nitrogens is 5. The number of pyridine rings is 1. The van der Waals surface area contributed by atoms with Crippen molar-refractivity contribution in [3.8, 4) is 41.7 Å². The Balaban J connectivity index is 2.13. The van der Waals surface area contributed by atoms with Crippen molar-refractivity contribution in [1.29, 1.82) is 26.3 Å². The zero-order valence-electron chi connectivity index (χ0n) is 16.1. The molecule has 0 fully saturated rings. The lowest BCUT2D eigenvalue weighted by Crippen LogP contribution is -2.18. The molecule has 0 bridgehead atoms. The van der Waals surface area contributed by atoms with Gasteiger partial charge >= 0.3 is 0 Å². The van der Waals surface area contributed by atoms with Crippen LogP contribution in [0.25, 0.3) is 11.4 Å². The van der Waals surface area contributed by atoms with Gasteiger partial charge in [-0.1, -0.05) is 0 Å². The van der Waals surface area contributed by atoms with Crippen LogP contribution in [0, 0.1) is 80.2 Å². The summed E-state index contributed by atoms with van der Waals surface area (Å²) in [5.41, 5.74) is -4.51. The van der Waals surface area contributed by atoms with Crippen LogP contribution >= 0.6 is 0 Å². The van der Waals surface area contributed by atoms with Crippen LogP contribution in [0.5, 0.6) is 0 Å². The monoisotopic (exact) mass is 458 g/mol. The van der Waals surface area contributed by atoms with Gasteiger partial charge in [0.05, 0.1) is 34.9 Å². The lowest BCUT2D eigenvalue weighted by Gasteiger charge is -2.19. The van der Waals surface area contributed by atoms with Gasteiger partial charge in [-0.15, -0.1) is 0 Å². The van der Waals surface area contributed by atoms with E-state index in [1.54, 1.807) is 24.3 Å². The molecular formula is C20H2F4N10. The molecule has 0 aliphatic heterocycles. The molecular weight excluding hydrogens is 456 g/mol. The summed E-state index contributed by atoms with van der Waals surface area (Å²) in [7, 11) is 0. The van der Waals surface area contributed by atoms with Gasteiger partial charge in [0.1, 0.15) is 35.7 Å². The molecule has 0 saturated carbocycles. The molecule has 4 rings (SSSR count). The molecule has 1 aliphatic rings. The number of halogens is 4. The second-order valence-electron chi connectivity index (χ2n) is 6.58. The predicted molar refractivity (Wildman–Crippen MR) is 96.2 cm³/mol. The normalized spacial score (nSPS) is 12.3. The molecule has 1 atom stereocenters. The maximum absolute atomic E-state index is 14.6. The van der Waals surface area contributed by atoms with E-state index in [-0.39, 0.29) is 22.8 Å². The molecule has 3 aromatic rings. The summed E-state index contributed by atoms with van der Waals surface area (Å²) in [6.45, 7) is 0. The fourth-order valence-electron chi connectivity index (χ4n) is 3.52. The molecule has 1 unspecified atom stereocenters. The lowest BCUT2D eigenvalue weighted by atomic mass is 9.84. The van der Waals surface area contributed by atoms with Crippen molar-refractivity contribution in [3.05, 3.63) is 63.3 Å². The smallest absolute Gasteiger partial charge is 0.236 e.